The molecule has 0 aliphatic carbocycles. The van der Waals surface area contributed by atoms with E-state index in [4.69, 9.17) is 9.52 Å². The first kappa shape index (κ1) is 21.1. The molecule has 1 aromatic carbocycles. The van der Waals surface area contributed by atoms with Crippen molar-refractivity contribution in [3.8, 4) is 0 Å². The van der Waals surface area contributed by atoms with Gasteiger partial charge in [0.25, 0.3) is 6.01 Å². The first-order valence-corrected chi connectivity index (χ1v) is 10.3. The number of carboxylic acid groups (broad SMARTS) is 1. The van der Waals surface area contributed by atoms with E-state index in [0.717, 1.165) is 17.5 Å². The van der Waals surface area contributed by atoms with Gasteiger partial charge in [-0.15, -0.1) is 0 Å². The summed E-state index contributed by atoms with van der Waals surface area (Å²) in [6, 6.07) is 6.59. The molecule has 0 aliphatic rings. The van der Waals surface area contributed by atoms with E-state index < -0.39 is 6.09 Å². The molecule has 2 aromatic rings. The lowest BCUT2D eigenvalue weighted by Gasteiger charge is -2.03. The number of nitrogens with one attached hydrogen (secondary N) is 2. The molecule has 6 nitrogen and oxygen atoms in total. The fraction of sp³-hybridized carbons (Fsp3) is 0.619. The van der Waals surface area contributed by atoms with Gasteiger partial charge in [-0.05, 0) is 30.5 Å². The highest BCUT2D eigenvalue weighted by molar-refractivity contribution is 5.75. The lowest BCUT2D eigenvalue weighted by Crippen LogP contribution is -2.26. The first-order valence-electron chi connectivity index (χ1n) is 10.3. The van der Waals surface area contributed by atoms with Gasteiger partial charge in [-0.25, -0.2) is 4.79 Å². The van der Waals surface area contributed by atoms with E-state index in [1.807, 2.05) is 6.07 Å². The van der Waals surface area contributed by atoms with Gasteiger partial charge in [0.15, 0.2) is 5.58 Å². The average Bonchev–Trinajstić information content (AvgIpc) is 3.06. The van der Waals surface area contributed by atoms with Crippen LogP contribution in [0, 0.1) is 0 Å². The molecule has 0 unspecified atom stereocenters. The predicted molar refractivity (Wildman–Crippen MR) is 109 cm³/mol. The van der Waals surface area contributed by atoms with Gasteiger partial charge >= 0.3 is 6.09 Å². The van der Waals surface area contributed by atoms with Crippen LogP contribution in [0.4, 0.5) is 10.8 Å². The number of carbonyl (C=O) groups is 1. The molecule has 1 heterocycles. The van der Waals surface area contributed by atoms with E-state index in [-0.39, 0.29) is 0 Å². The van der Waals surface area contributed by atoms with Crippen LogP contribution in [0.1, 0.15) is 70.3 Å². The average molecular weight is 376 g/mol. The van der Waals surface area contributed by atoms with E-state index in [1.54, 1.807) is 0 Å². The molecule has 2 rings (SSSR count). The van der Waals surface area contributed by atoms with E-state index >= 15 is 0 Å². The van der Waals surface area contributed by atoms with Crippen LogP contribution in [0.15, 0.2) is 22.6 Å². The number of aryl methyl sites for hydroxylation is 1. The quantitative estimate of drug-likeness (QED) is 0.375. The number of oxazole rings is 1. The number of rotatable bonds is 14. The van der Waals surface area contributed by atoms with Crippen LogP contribution in [0.5, 0.6) is 0 Å². The number of amides is 1. The molecule has 0 atom stereocenters. The maximum Gasteiger partial charge on any atom is 0.404 e. The Morgan fingerprint density at radius 1 is 1.04 bits per heavy atom. The van der Waals surface area contributed by atoms with Crippen molar-refractivity contribution in [3.63, 3.8) is 0 Å². The van der Waals surface area contributed by atoms with Crippen LogP contribution in [0.2, 0.25) is 0 Å². The molecule has 3 N–H and O–H groups in total. The van der Waals surface area contributed by atoms with Crippen LogP contribution >= 0.6 is 0 Å². The Morgan fingerprint density at radius 3 is 2.44 bits per heavy atom. The van der Waals surface area contributed by atoms with Gasteiger partial charge in [0, 0.05) is 13.1 Å². The molecule has 1 aromatic heterocycles. The minimum Gasteiger partial charge on any atom is -0.465 e. The molecule has 0 spiro atoms. The van der Waals surface area contributed by atoms with Crippen LogP contribution in [-0.4, -0.2) is 29.3 Å². The van der Waals surface area contributed by atoms with Crippen molar-refractivity contribution in [3.05, 3.63) is 23.8 Å². The molecule has 0 fully saturated rings. The molecular formula is C21H33N3O3. The van der Waals surface area contributed by atoms with E-state index in [1.165, 1.54) is 63.4 Å². The number of aromatic nitrogens is 1. The van der Waals surface area contributed by atoms with Gasteiger partial charge in [0.2, 0.25) is 0 Å². The predicted octanol–water partition coefficient (Wildman–Crippen LogP) is 5.58. The van der Waals surface area contributed by atoms with Crippen LogP contribution in [0.25, 0.3) is 11.1 Å². The van der Waals surface area contributed by atoms with Crippen molar-refractivity contribution in [2.45, 2.75) is 71.1 Å². The first-order chi connectivity index (χ1) is 13.2. The summed E-state index contributed by atoms with van der Waals surface area (Å²) in [5, 5.41) is 13.8. The van der Waals surface area contributed by atoms with Gasteiger partial charge in [-0.3, -0.25) is 0 Å². The Bertz CT molecular complexity index is 684. The number of hydrogen-bond acceptors (Lipinski definition) is 4. The largest absolute Gasteiger partial charge is 0.465 e. The summed E-state index contributed by atoms with van der Waals surface area (Å²) in [4.78, 5) is 14.8. The zero-order valence-electron chi connectivity index (χ0n) is 16.4. The van der Waals surface area contributed by atoms with Crippen LogP contribution < -0.4 is 10.6 Å². The Kier molecular flexibility index (Phi) is 9.52. The number of hydrogen-bond donors (Lipinski definition) is 3. The highest BCUT2D eigenvalue weighted by Crippen LogP contribution is 2.21. The number of benzene rings is 1. The third-order valence-electron chi connectivity index (χ3n) is 4.70. The van der Waals surface area contributed by atoms with E-state index in [0.29, 0.717) is 19.1 Å². The lowest BCUT2D eigenvalue weighted by atomic mass is 10.0. The second-order valence-electron chi connectivity index (χ2n) is 7.06. The summed E-state index contributed by atoms with van der Waals surface area (Å²) >= 11 is 0. The lowest BCUT2D eigenvalue weighted by molar-refractivity contribution is 0.195. The van der Waals surface area contributed by atoms with Crippen molar-refractivity contribution >= 4 is 23.2 Å². The highest BCUT2D eigenvalue weighted by atomic mass is 16.4. The highest BCUT2D eigenvalue weighted by Gasteiger charge is 2.06. The monoisotopic (exact) mass is 375 g/mol. The van der Waals surface area contributed by atoms with Crippen LogP contribution in [0.3, 0.4) is 0 Å². The Morgan fingerprint density at radius 2 is 1.74 bits per heavy atom. The van der Waals surface area contributed by atoms with E-state index in [9.17, 15) is 4.79 Å². The summed E-state index contributed by atoms with van der Waals surface area (Å²) in [5.41, 5.74) is 2.88. The number of fused-ring (bicyclic) bond motifs is 1. The number of anilines is 1. The summed E-state index contributed by atoms with van der Waals surface area (Å²) in [6.45, 7) is 3.00. The normalized spacial score (nSPS) is 11.0. The maximum absolute atomic E-state index is 10.4. The minimum atomic E-state index is -1.03. The van der Waals surface area contributed by atoms with Crippen molar-refractivity contribution in [2.75, 3.05) is 18.4 Å². The third-order valence-corrected chi connectivity index (χ3v) is 4.70. The van der Waals surface area contributed by atoms with Gasteiger partial charge in [0.1, 0.15) is 5.52 Å². The smallest absolute Gasteiger partial charge is 0.404 e. The number of nitrogens with zero attached hydrogens (tertiary/aromatic N) is 1. The van der Waals surface area contributed by atoms with Gasteiger partial charge < -0.3 is 20.2 Å². The summed E-state index contributed by atoms with van der Waals surface area (Å²) in [5.74, 6) is 0. The fourth-order valence-corrected chi connectivity index (χ4v) is 3.18. The Labute approximate surface area is 161 Å². The topological polar surface area (TPSA) is 87.4 Å². The molecule has 27 heavy (non-hydrogen) atoms. The second-order valence-corrected chi connectivity index (χ2v) is 7.06. The standard InChI is InChI=1S/C21H33N3O3/c1-2-3-4-5-6-7-8-9-10-11-17-12-13-19-18(16-17)24-20(27-19)22-14-15-23-21(25)26/h12-13,16,23H,2-11,14-15H2,1H3,(H,22,24)(H,25,26). The van der Waals surface area contributed by atoms with E-state index in [2.05, 4.69) is 34.7 Å². The summed E-state index contributed by atoms with van der Waals surface area (Å²) in [6.07, 6.45) is 12.1. The van der Waals surface area contributed by atoms with Crippen molar-refractivity contribution < 1.29 is 14.3 Å². The van der Waals surface area contributed by atoms with Gasteiger partial charge in [-0.2, -0.15) is 4.98 Å². The number of unbranched alkanes of at least 4 members (excludes halogenated alkanes) is 8. The fourth-order valence-electron chi connectivity index (χ4n) is 3.18. The molecular weight excluding hydrogens is 342 g/mol. The van der Waals surface area contributed by atoms with Gasteiger partial charge in [-0.1, -0.05) is 64.4 Å². The summed E-state index contributed by atoms with van der Waals surface area (Å²) in [7, 11) is 0. The molecule has 6 heteroatoms. The van der Waals surface area contributed by atoms with Crippen LogP contribution in [-0.2, 0) is 6.42 Å². The molecule has 0 saturated carbocycles. The zero-order valence-corrected chi connectivity index (χ0v) is 16.4. The SMILES string of the molecule is CCCCCCCCCCCc1ccc2oc(NCCNC(=O)O)nc2c1. The van der Waals surface area contributed by atoms with Crippen molar-refractivity contribution in [2.24, 2.45) is 0 Å². The van der Waals surface area contributed by atoms with Crippen molar-refractivity contribution in [1.82, 2.24) is 10.3 Å². The summed E-state index contributed by atoms with van der Waals surface area (Å²) < 4.78 is 5.63. The molecule has 0 saturated heterocycles. The molecule has 1 amide bonds. The van der Waals surface area contributed by atoms with Crippen molar-refractivity contribution in [1.29, 1.82) is 0 Å². The second kappa shape index (κ2) is 12.2. The van der Waals surface area contributed by atoms with Gasteiger partial charge in [0.05, 0.1) is 0 Å². The maximum atomic E-state index is 10.4. The Balaban J connectivity index is 1.66. The molecule has 0 radical (unpaired) electrons. The molecule has 0 aliphatic heterocycles. The molecule has 150 valence electrons. The zero-order chi connectivity index (χ0) is 19.3. The third kappa shape index (κ3) is 8.33. The minimum absolute atomic E-state index is 0.303. The Hall–Kier alpha value is -2.24. The molecule has 0 bridgehead atoms.